The number of hydrogen-bond donors (Lipinski definition) is 1. The molecule has 2 bridgehead atoms. The van der Waals surface area contributed by atoms with Gasteiger partial charge in [-0.15, -0.1) is 0 Å². The van der Waals surface area contributed by atoms with Crippen molar-refractivity contribution in [3.8, 4) is 0 Å². The Morgan fingerprint density at radius 3 is 2.19 bits per heavy atom. The quantitative estimate of drug-likeness (QED) is 0.412. The summed E-state index contributed by atoms with van der Waals surface area (Å²) in [5.41, 5.74) is 0.733. The maximum atomic E-state index is 12.8. The number of anilines is 1. The van der Waals surface area contributed by atoms with Crippen LogP contribution in [0.4, 0.5) is 5.69 Å². The van der Waals surface area contributed by atoms with Crippen LogP contribution in [0.2, 0.25) is 0 Å². The average Bonchev–Trinajstić information content (AvgIpc) is 3.45. The van der Waals surface area contributed by atoms with Gasteiger partial charge in [0.15, 0.2) is 6.61 Å². The summed E-state index contributed by atoms with van der Waals surface area (Å²) >= 11 is 0. The van der Waals surface area contributed by atoms with Crippen molar-refractivity contribution in [2.45, 2.75) is 19.4 Å². The molecular formula is C22H22N2O7. The fourth-order valence-corrected chi connectivity index (χ4v) is 4.67. The minimum Gasteiger partial charge on any atom is -0.465 e. The lowest BCUT2D eigenvalue weighted by Gasteiger charge is -2.23. The zero-order valence-corrected chi connectivity index (χ0v) is 17.1. The summed E-state index contributed by atoms with van der Waals surface area (Å²) in [5.74, 6) is -3.28. The summed E-state index contributed by atoms with van der Waals surface area (Å²) in [6.07, 6.45) is 4.76. The molecule has 1 aromatic rings. The number of esters is 2. The first kappa shape index (κ1) is 20.8. The van der Waals surface area contributed by atoms with Crippen LogP contribution in [0.1, 0.15) is 23.7 Å². The fraction of sp³-hybridized carbons (Fsp3) is 0.409. The normalized spacial score (nSPS) is 26.6. The molecule has 0 unspecified atom stereocenters. The molecule has 0 radical (unpaired) electrons. The van der Waals surface area contributed by atoms with E-state index < -0.39 is 42.3 Å². The monoisotopic (exact) mass is 426 g/mol. The van der Waals surface area contributed by atoms with Crippen LogP contribution in [0.3, 0.4) is 0 Å². The Bertz CT molecular complexity index is 954. The van der Waals surface area contributed by atoms with Gasteiger partial charge in [0.25, 0.3) is 5.91 Å². The fourth-order valence-electron chi connectivity index (χ4n) is 4.67. The maximum absolute atomic E-state index is 12.8. The second kappa shape index (κ2) is 7.98. The Kier molecular flexibility index (Phi) is 5.34. The number of hydrogen-bond acceptors (Lipinski definition) is 7. The van der Waals surface area contributed by atoms with Crippen LogP contribution in [-0.2, 0) is 28.7 Å². The Labute approximate surface area is 178 Å². The van der Waals surface area contributed by atoms with E-state index in [1.807, 2.05) is 12.2 Å². The molecule has 1 aliphatic heterocycles. The first-order chi connectivity index (χ1) is 14.8. The molecule has 1 aromatic carbocycles. The van der Waals surface area contributed by atoms with Crippen molar-refractivity contribution >= 4 is 35.3 Å². The van der Waals surface area contributed by atoms with Crippen molar-refractivity contribution < 1.29 is 33.4 Å². The Morgan fingerprint density at radius 1 is 1.06 bits per heavy atom. The highest BCUT2D eigenvalue weighted by molar-refractivity contribution is 6.09. The van der Waals surface area contributed by atoms with Gasteiger partial charge in [0, 0.05) is 5.69 Å². The molecule has 9 nitrogen and oxygen atoms in total. The van der Waals surface area contributed by atoms with Gasteiger partial charge in [-0.05, 0) is 49.4 Å². The standard InChI is InChI=1S/C22H22N2O7/c1-11(24-19(26)17-13-3-4-14(9-13)18(17)20(24)27)21(28)31-10-16(25)23-15-7-5-12(6-8-15)22(29)30-2/h3-8,11,13-14,17-18H,9-10H2,1-2H3,(H,23,25)/t11-,13-,14-,17+,18+/m0/s1. The van der Waals surface area contributed by atoms with Gasteiger partial charge < -0.3 is 14.8 Å². The van der Waals surface area contributed by atoms with Crippen molar-refractivity contribution in [3.63, 3.8) is 0 Å². The molecule has 1 heterocycles. The van der Waals surface area contributed by atoms with E-state index in [4.69, 9.17) is 4.74 Å². The number of methoxy groups -OCH3 is 1. The molecule has 1 N–H and O–H groups in total. The molecular weight excluding hydrogens is 404 g/mol. The molecule has 2 aliphatic carbocycles. The number of nitrogens with zero attached hydrogens (tertiary/aromatic N) is 1. The van der Waals surface area contributed by atoms with Gasteiger partial charge in [0.1, 0.15) is 6.04 Å². The van der Waals surface area contributed by atoms with Crippen LogP contribution in [0, 0.1) is 23.7 Å². The summed E-state index contributed by atoms with van der Waals surface area (Å²) in [6, 6.07) is 4.89. The largest absolute Gasteiger partial charge is 0.465 e. The summed E-state index contributed by atoms with van der Waals surface area (Å²) in [4.78, 5) is 62.4. The predicted molar refractivity (Wildman–Crippen MR) is 106 cm³/mol. The number of imide groups is 1. The number of rotatable bonds is 6. The van der Waals surface area contributed by atoms with Gasteiger partial charge in [-0.1, -0.05) is 12.2 Å². The molecule has 3 amide bonds. The minimum atomic E-state index is -1.10. The summed E-state index contributed by atoms with van der Waals surface area (Å²) in [6.45, 7) is 0.857. The highest BCUT2D eigenvalue weighted by atomic mass is 16.5. The molecule has 0 spiro atoms. The van der Waals surface area contributed by atoms with Crippen molar-refractivity contribution in [2.24, 2.45) is 23.7 Å². The Hall–Kier alpha value is -3.49. The van der Waals surface area contributed by atoms with Crippen molar-refractivity contribution in [1.29, 1.82) is 0 Å². The number of nitrogens with one attached hydrogen (secondary N) is 1. The lowest BCUT2D eigenvalue weighted by molar-refractivity contribution is -0.159. The number of amides is 3. The van der Waals surface area contributed by atoms with Gasteiger partial charge in [0.2, 0.25) is 11.8 Å². The van der Waals surface area contributed by atoms with Crippen LogP contribution < -0.4 is 5.32 Å². The predicted octanol–water partition coefficient (Wildman–Crippen LogP) is 1.15. The average molecular weight is 426 g/mol. The van der Waals surface area contributed by atoms with Gasteiger partial charge in [0.05, 0.1) is 24.5 Å². The van der Waals surface area contributed by atoms with E-state index in [9.17, 15) is 24.0 Å². The smallest absolute Gasteiger partial charge is 0.337 e. The van der Waals surface area contributed by atoms with Crippen molar-refractivity contribution in [1.82, 2.24) is 4.90 Å². The summed E-state index contributed by atoms with van der Waals surface area (Å²) in [5, 5.41) is 2.54. The summed E-state index contributed by atoms with van der Waals surface area (Å²) in [7, 11) is 1.27. The molecule has 2 fully saturated rings. The Balaban J connectivity index is 1.30. The summed E-state index contributed by atoms with van der Waals surface area (Å²) < 4.78 is 9.63. The molecule has 5 atom stereocenters. The van der Waals surface area contributed by atoms with E-state index in [0.717, 1.165) is 11.3 Å². The van der Waals surface area contributed by atoms with Gasteiger partial charge in [-0.3, -0.25) is 19.3 Å². The number of benzene rings is 1. The molecule has 1 saturated carbocycles. The highest BCUT2D eigenvalue weighted by Gasteiger charge is 2.60. The van der Waals surface area contributed by atoms with E-state index in [1.165, 1.54) is 38.3 Å². The number of allylic oxidation sites excluding steroid dienone is 2. The SMILES string of the molecule is COC(=O)c1ccc(NC(=O)COC(=O)[C@H](C)N2C(=O)[C@H]3[C@H](C2=O)[C@H]2C=C[C@H]3C2)cc1. The van der Waals surface area contributed by atoms with Crippen LogP contribution in [0.25, 0.3) is 0 Å². The number of ether oxygens (including phenoxy) is 2. The lowest BCUT2D eigenvalue weighted by atomic mass is 9.85. The highest BCUT2D eigenvalue weighted by Crippen LogP contribution is 2.52. The van der Waals surface area contributed by atoms with Gasteiger partial charge in [-0.2, -0.15) is 0 Å². The van der Waals surface area contributed by atoms with Crippen LogP contribution in [0.15, 0.2) is 36.4 Å². The van der Waals surface area contributed by atoms with E-state index in [1.54, 1.807) is 0 Å². The van der Waals surface area contributed by atoms with Crippen LogP contribution in [-0.4, -0.2) is 54.3 Å². The van der Waals surface area contributed by atoms with Crippen molar-refractivity contribution in [3.05, 3.63) is 42.0 Å². The molecule has 162 valence electrons. The molecule has 1 saturated heterocycles. The first-order valence-corrected chi connectivity index (χ1v) is 10.0. The van der Waals surface area contributed by atoms with E-state index in [2.05, 4.69) is 10.1 Å². The number of carbonyl (C=O) groups excluding carboxylic acids is 5. The maximum Gasteiger partial charge on any atom is 0.337 e. The van der Waals surface area contributed by atoms with Crippen molar-refractivity contribution in [2.75, 3.05) is 19.0 Å². The third kappa shape index (κ3) is 3.60. The number of likely N-dealkylation sites (tertiary alicyclic amines) is 1. The third-order valence-corrected chi connectivity index (χ3v) is 6.17. The third-order valence-electron chi connectivity index (χ3n) is 6.17. The number of fused-ring (bicyclic) bond motifs is 5. The molecule has 3 aliphatic rings. The van der Waals surface area contributed by atoms with Crippen LogP contribution in [0.5, 0.6) is 0 Å². The van der Waals surface area contributed by atoms with E-state index >= 15 is 0 Å². The minimum absolute atomic E-state index is 0.0519. The van der Waals surface area contributed by atoms with E-state index in [0.29, 0.717) is 11.3 Å². The second-order valence-electron chi connectivity index (χ2n) is 7.95. The van der Waals surface area contributed by atoms with Gasteiger partial charge in [-0.25, -0.2) is 9.59 Å². The molecule has 0 aromatic heterocycles. The lowest BCUT2D eigenvalue weighted by Crippen LogP contribution is -2.45. The molecule has 4 rings (SSSR count). The molecule has 9 heteroatoms. The van der Waals surface area contributed by atoms with E-state index in [-0.39, 0.29) is 23.7 Å². The Morgan fingerprint density at radius 2 is 1.65 bits per heavy atom. The topological polar surface area (TPSA) is 119 Å². The van der Waals surface area contributed by atoms with Crippen LogP contribution >= 0.6 is 0 Å². The molecule has 31 heavy (non-hydrogen) atoms. The zero-order valence-electron chi connectivity index (χ0n) is 17.1. The first-order valence-electron chi connectivity index (χ1n) is 10.0. The second-order valence-corrected chi connectivity index (χ2v) is 7.95. The van der Waals surface area contributed by atoms with Gasteiger partial charge >= 0.3 is 11.9 Å². The zero-order chi connectivity index (χ0) is 22.3. The number of carbonyl (C=O) groups is 5.